The van der Waals surface area contributed by atoms with E-state index in [1.807, 2.05) is 36.4 Å². The van der Waals surface area contributed by atoms with Gasteiger partial charge >= 0.3 is 0 Å². The SMILES string of the molecule is C=C/C(=C\N=C)C(=O)N1CCN(C(c2ccccc2)c2ccccc2)CC1C#N. The van der Waals surface area contributed by atoms with Crippen molar-refractivity contribution in [2.24, 2.45) is 4.99 Å². The molecule has 0 aromatic heterocycles. The van der Waals surface area contributed by atoms with Crippen LogP contribution in [0.5, 0.6) is 0 Å². The summed E-state index contributed by atoms with van der Waals surface area (Å²) in [6, 6.07) is 22.3. The molecule has 1 atom stereocenters. The number of hydrogen-bond donors (Lipinski definition) is 0. The maximum atomic E-state index is 12.8. The molecule has 1 saturated heterocycles. The van der Waals surface area contributed by atoms with Crippen molar-refractivity contribution in [3.05, 3.63) is 96.2 Å². The first-order chi connectivity index (χ1) is 14.2. The Morgan fingerprint density at radius 3 is 2.17 bits per heavy atom. The standard InChI is InChI=1S/C24H24N4O/c1-3-19(17-26-2)24(29)28-15-14-27(18-22(28)16-25)23(20-10-6-4-7-11-20)21-12-8-5-9-13-21/h3-13,17,22-23H,1-2,14-15,18H2/b19-17+. The van der Waals surface area contributed by atoms with Crippen molar-refractivity contribution in [2.75, 3.05) is 19.6 Å². The van der Waals surface area contributed by atoms with Gasteiger partial charge in [0.2, 0.25) is 0 Å². The molecular formula is C24H24N4O. The molecule has 0 spiro atoms. The second kappa shape index (κ2) is 9.63. The minimum Gasteiger partial charge on any atom is -0.320 e. The molecule has 29 heavy (non-hydrogen) atoms. The van der Waals surface area contributed by atoms with E-state index in [1.165, 1.54) is 12.3 Å². The third-order valence-electron chi connectivity index (χ3n) is 5.11. The molecule has 5 heteroatoms. The molecule has 0 N–H and O–H groups in total. The van der Waals surface area contributed by atoms with Crippen LogP contribution in [-0.2, 0) is 4.79 Å². The molecule has 3 rings (SSSR count). The lowest BCUT2D eigenvalue weighted by molar-refractivity contribution is -0.130. The summed E-state index contributed by atoms with van der Waals surface area (Å²) in [6.45, 7) is 8.64. The number of hydrogen-bond acceptors (Lipinski definition) is 4. The van der Waals surface area contributed by atoms with Crippen molar-refractivity contribution >= 4 is 12.6 Å². The zero-order valence-corrected chi connectivity index (χ0v) is 16.3. The molecule has 1 heterocycles. The second-order valence-corrected chi connectivity index (χ2v) is 6.83. The van der Waals surface area contributed by atoms with Crippen molar-refractivity contribution in [2.45, 2.75) is 12.1 Å². The average Bonchev–Trinajstić information content (AvgIpc) is 2.78. The van der Waals surface area contributed by atoms with Gasteiger partial charge in [-0.1, -0.05) is 73.3 Å². The number of nitrogens with zero attached hydrogens (tertiary/aromatic N) is 4. The largest absolute Gasteiger partial charge is 0.320 e. The van der Waals surface area contributed by atoms with E-state index in [0.29, 0.717) is 25.2 Å². The van der Waals surface area contributed by atoms with E-state index >= 15 is 0 Å². The Hall–Kier alpha value is -3.49. The fourth-order valence-corrected chi connectivity index (χ4v) is 3.74. The minimum atomic E-state index is -0.556. The summed E-state index contributed by atoms with van der Waals surface area (Å²) >= 11 is 0. The first-order valence-corrected chi connectivity index (χ1v) is 9.52. The van der Waals surface area contributed by atoms with Crippen LogP contribution in [-0.4, -0.2) is 48.1 Å². The Kier molecular flexibility index (Phi) is 6.72. The van der Waals surface area contributed by atoms with Gasteiger partial charge in [0.15, 0.2) is 0 Å². The zero-order valence-electron chi connectivity index (χ0n) is 16.3. The number of carbonyl (C=O) groups excluding carboxylic acids is 1. The molecule has 5 nitrogen and oxygen atoms in total. The molecule has 0 bridgehead atoms. The van der Waals surface area contributed by atoms with E-state index in [9.17, 15) is 10.1 Å². The van der Waals surface area contributed by atoms with Crippen LogP contribution >= 0.6 is 0 Å². The van der Waals surface area contributed by atoms with Crippen molar-refractivity contribution in [1.29, 1.82) is 5.26 Å². The Morgan fingerprint density at radius 1 is 1.10 bits per heavy atom. The highest BCUT2D eigenvalue weighted by Crippen LogP contribution is 2.30. The number of rotatable bonds is 6. The van der Waals surface area contributed by atoms with Crippen LogP contribution in [0.15, 0.2) is 90.1 Å². The summed E-state index contributed by atoms with van der Waals surface area (Å²) in [5.41, 5.74) is 2.67. The van der Waals surface area contributed by atoms with Gasteiger partial charge in [0.1, 0.15) is 6.04 Å². The van der Waals surface area contributed by atoms with Gasteiger partial charge in [-0.05, 0) is 17.8 Å². The molecular weight excluding hydrogens is 360 g/mol. The molecule has 2 aromatic carbocycles. The predicted octanol–water partition coefficient (Wildman–Crippen LogP) is 3.58. The fraction of sp³-hybridized carbons (Fsp3) is 0.208. The summed E-state index contributed by atoms with van der Waals surface area (Å²) < 4.78 is 0. The first kappa shape index (κ1) is 20.2. The lowest BCUT2D eigenvalue weighted by Gasteiger charge is -2.42. The smallest absolute Gasteiger partial charge is 0.256 e. The Balaban J connectivity index is 1.89. The van der Waals surface area contributed by atoms with E-state index in [2.05, 4.69) is 53.5 Å². The first-order valence-electron chi connectivity index (χ1n) is 9.52. The molecule has 146 valence electrons. The van der Waals surface area contributed by atoms with Crippen molar-refractivity contribution < 1.29 is 4.79 Å². The van der Waals surface area contributed by atoms with Gasteiger partial charge in [-0.15, -0.1) is 0 Å². The number of piperazine rings is 1. The Bertz CT molecular complexity index is 891. The summed E-state index contributed by atoms with van der Waals surface area (Å²) in [5, 5.41) is 9.78. The highest BCUT2D eigenvalue weighted by molar-refractivity contribution is 5.96. The Morgan fingerprint density at radius 2 is 1.69 bits per heavy atom. The van der Waals surface area contributed by atoms with E-state index in [1.54, 1.807) is 4.90 Å². The Labute approximate surface area is 171 Å². The summed E-state index contributed by atoms with van der Waals surface area (Å²) in [7, 11) is 0. The summed E-state index contributed by atoms with van der Waals surface area (Å²) in [5.74, 6) is -0.241. The number of aliphatic imine (C=N–C) groups is 1. The van der Waals surface area contributed by atoms with E-state index < -0.39 is 6.04 Å². The van der Waals surface area contributed by atoms with Crippen LogP contribution in [0.25, 0.3) is 0 Å². The summed E-state index contributed by atoms with van der Waals surface area (Å²) in [4.78, 5) is 20.4. The van der Waals surface area contributed by atoms with Gasteiger partial charge in [0.25, 0.3) is 5.91 Å². The lowest BCUT2D eigenvalue weighted by Crippen LogP contribution is -2.55. The van der Waals surface area contributed by atoms with Gasteiger partial charge < -0.3 is 4.90 Å². The molecule has 1 amide bonds. The van der Waals surface area contributed by atoms with E-state index in [-0.39, 0.29) is 11.9 Å². The monoisotopic (exact) mass is 384 g/mol. The van der Waals surface area contributed by atoms with Gasteiger partial charge in [-0.2, -0.15) is 5.26 Å². The fourth-order valence-electron chi connectivity index (χ4n) is 3.74. The van der Waals surface area contributed by atoms with Crippen LogP contribution in [0.4, 0.5) is 0 Å². The predicted molar refractivity (Wildman–Crippen MR) is 115 cm³/mol. The van der Waals surface area contributed by atoms with Crippen LogP contribution in [0.3, 0.4) is 0 Å². The minimum absolute atomic E-state index is 0.0229. The van der Waals surface area contributed by atoms with Gasteiger partial charge in [-0.25, -0.2) is 0 Å². The molecule has 0 aliphatic carbocycles. The topological polar surface area (TPSA) is 59.7 Å². The average molecular weight is 384 g/mol. The molecule has 1 unspecified atom stereocenters. The second-order valence-electron chi connectivity index (χ2n) is 6.83. The lowest BCUT2D eigenvalue weighted by atomic mass is 9.95. The molecule has 1 aliphatic rings. The number of benzene rings is 2. The number of nitriles is 1. The summed E-state index contributed by atoms with van der Waals surface area (Å²) in [6.07, 6.45) is 2.83. The van der Waals surface area contributed by atoms with Gasteiger partial charge in [0, 0.05) is 25.8 Å². The van der Waals surface area contributed by atoms with Crippen molar-refractivity contribution in [3.63, 3.8) is 0 Å². The highest BCUT2D eigenvalue weighted by Gasteiger charge is 2.35. The molecule has 0 radical (unpaired) electrons. The van der Waals surface area contributed by atoms with Gasteiger partial charge in [-0.3, -0.25) is 14.7 Å². The maximum Gasteiger partial charge on any atom is 0.256 e. The van der Waals surface area contributed by atoms with E-state index in [0.717, 1.165) is 11.1 Å². The third kappa shape index (κ3) is 4.50. The highest BCUT2D eigenvalue weighted by atomic mass is 16.2. The van der Waals surface area contributed by atoms with Crippen LogP contribution < -0.4 is 0 Å². The van der Waals surface area contributed by atoms with Crippen molar-refractivity contribution in [3.8, 4) is 6.07 Å². The number of carbonyl (C=O) groups is 1. The van der Waals surface area contributed by atoms with E-state index in [4.69, 9.17) is 0 Å². The molecule has 1 fully saturated rings. The zero-order chi connectivity index (χ0) is 20.6. The third-order valence-corrected chi connectivity index (χ3v) is 5.11. The molecule has 0 saturated carbocycles. The number of amides is 1. The maximum absolute atomic E-state index is 12.8. The van der Waals surface area contributed by atoms with Crippen LogP contribution in [0.1, 0.15) is 17.2 Å². The normalized spacial score (nSPS) is 17.6. The molecule has 1 aliphatic heterocycles. The van der Waals surface area contributed by atoms with Crippen LogP contribution in [0, 0.1) is 11.3 Å². The van der Waals surface area contributed by atoms with Crippen LogP contribution in [0.2, 0.25) is 0 Å². The quantitative estimate of drug-likeness (QED) is 0.434. The molecule has 2 aromatic rings. The van der Waals surface area contributed by atoms with Crippen molar-refractivity contribution in [1.82, 2.24) is 9.80 Å². The van der Waals surface area contributed by atoms with Gasteiger partial charge in [0.05, 0.1) is 17.7 Å².